The van der Waals surface area contributed by atoms with Crippen molar-refractivity contribution in [3.8, 4) is 5.75 Å². The topological polar surface area (TPSA) is 21.3 Å². The summed E-state index contributed by atoms with van der Waals surface area (Å²) in [6.07, 6.45) is 1.06. The summed E-state index contributed by atoms with van der Waals surface area (Å²) in [5.74, 6) is -0.0146. The Hall–Kier alpha value is -0.910. The number of rotatable bonds is 7. The van der Waals surface area contributed by atoms with Crippen LogP contribution in [0.3, 0.4) is 0 Å². The highest BCUT2D eigenvalue weighted by Crippen LogP contribution is 2.25. The molecule has 2 aromatic rings. The molecule has 0 saturated carbocycles. The van der Waals surface area contributed by atoms with Gasteiger partial charge in [0.15, 0.2) is 11.6 Å². The van der Waals surface area contributed by atoms with Crippen molar-refractivity contribution < 1.29 is 9.13 Å². The van der Waals surface area contributed by atoms with Gasteiger partial charge in [0.2, 0.25) is 0 Å². The summed E-state index contributed by atoms with van der Waals surface area (Å²) >= 11 is 4.98. The summed E-state index contributed by atoms with van der Waals surface area (Å²) in [5.41, 5.74) is 0.937. The van der Waals surface area contributed by atoms with Crippen LogP contribution in [0.2, 0.25) is 0 Å². The third-order valence-electron chi connectivity index (χ3n) is 3.15. The SMILES string of the molecule is CCCNC(C)c1ccc(OCc2cc(Br)cs2)c(F)c1. The molecular weight excluding hydrogens is 353 g/mol. The van der Waals surface area contributed by atoms with Crippen LogP contribution in [0.25, 0.3) is 0 Å². The van der Waals surface area contributed by atoms with Crippen molar-refractivity contribution >= 4 is 27.3 Å². The van der Waals surface area contributed by atoms with Crippen molar-refractivity contribution in [3.63, 3.8) is 0 Å². The van der Waals surface area contributed by atoms with Gasteiger partial charge >= 0.3 is 0 Å². The molecular formula is C16H19BrFNOS. The molecule has 0 fully saturated rings. The van der Waals surface area contributed by atoms with Gasteiger partial charge in [-0.1, -0.05) is 13.0 Å². The van der Waals surface area contributed by atoms with Gasteiger partial charge in [0, 0.05) is 20.8 Å². The van der Waals surface area contributed by atoms with E-state index in [9.17, 15) is 4.39 Å². The van der Waals surface area contributed by atoms with Gasteiger partial charge in [-0.15, -0.1) is 11.3 Å². The largest absolute Gasteiger partial charge is 0.485 e. The van der Waals surface area contributed by atoms with Gasteiger partial charge in [0.05, 0.1) is 0 Å². The van der Waals surface area contributed by atoms with E-state index in [4.69, 9.17) is 4.74 Å². The van der Waals surface area contributed by atoms with Crippen molar-refractivity contribution in [3.05, 3.63) is 50.4 Å². The first-order valence-electron chi connectivity index (χ1n) is 6.98. The molecule has 0 aliphatic rings. The molecule has 2 rings (SSSR count). The lowest BCUT2D eigenvalue weighted by Crippen LogP contribution is -2.19. The number of benzene rings is 1. The normalized spacial score (nSPS) is 12.4. The molecule has 0 spiro atoms. The minimum absolute atomic E-state index is 0.141. The molecule has 5 heteroatoms. The molecule has 1 aromatic carbocycles. The second-order valence-electron chi connectivity index (χ2n) is 4.89. The van der Waals surface area contributed by atoms with Crippen LogP contribution in [0.15, 0.2) is 34.1 Å². The molecule has 0 aliphatic heterocycles. The molecule has 0 saturated heterocycles. The Morgan fingerprint density at radius 2 is 2.19 bits per heavy atom. The quantitative estimate of drug-likeness (QED) is 0.713. The second kappa shape index (κ2) is 7.92. The van der Waals surface area contributed by atoms with E-state index in [1.807, 2.05) is 24.4 Å². The third-order valence-corrected chi connectivity index (χ3v) is 4.82. The van der Waals surface area contributed by atoms with Crippen LogP contribution in [0, 0.1) is 5.82 Å². The van der Waals surface area contributed by atoms with Crippen LogP contribution in [0.5, 0.6) is 5.75 Å². The number of hydrogen-bond acceptors (Lipinski definition) is 3. The average Bonchev–Trinajstić information content (AvgIpc) is 2.89. The number of thiophene rings is 1. The summed E-state index contributed by atoms with van der Waals surface area (Å²) in [4.78, 5) is 1.06. The lowest BCUT2D eigenvalue weighted by molar-refractivity contribution is 0.293. The first-order chi connectivity index (χ1) is 10.1. The zero-order chi connectivity index (χ0) is 15.2. The van der Waals surface area contributed by atoms with E-state index in [0.29, 0.717) is 12.4 Å². The highest BCUT2D eigenvalue weighted by molar-refractivity contribution is 9.10. The smallest absolute Gasteiger partial charge is 0.165 e. The fraction of sp³-hybridized carbons (Fsp3) is 0.375. The van der Waals surface area contributed by atoms with Crippen molar-refractivity contribution in [1.82, 2.24) is 5.32 Å². The van der Waals surface area contributed by atoms with Crippen LogP contribution in [0.4, 0.5) is 4.39 Å². The zero-order valence-corrected chi connectivity index (χ0v) is 14.6. The Morgan fingerprint density at radius 1 is 1.38 bits per heavy atom. The summed E-state index contributed by atoms with van der Waals surface area (Å²) in [6, 6.07) is 7.29. The van der Waals surface area contributed by atoms with Gasteiger partial charge in [-0.05, 0) is 59.6 Å². The fourth-order valence-electron chi connectivity index (χ4n) is 1.96. The van der Waals surface area contributed by atoms with E-state index in [1.165, 1.54) is 0 Å². The van der Waals surface area contributed by atoms with E-state index in [2.05, 4.69) is 28.2 Å². The Balaban J connectivity index is 1.98. The molecule has 0 amide bonds. The predicted molar refractivity (Wildman–Crippen MR) is 89.5 cm³/mol. The zero-order valence-electron chi connectivity index (χ0n) is 12.2. The summed E-state index contributed by atoms with van der Waals surface area (Å²) < 4.78 is 20.7. The van der Waals surface area contributed by atoms with Gasteiger partial charge < -0.3 is 10.1 Å². The Kier molecular flexibility index (Phi) is 6.21. The van der Waals surface area contributed by atoms with E-state index >= 15 is 0 Å². The van der Waals surface area contributed by atoms with Gasteiger partial charge in [0.1, 0.15) is 6.61 Å². The molecule has 0 aliphatic carbocycles. The molecule has 1 N–H and O–H groups in total. The molecule has 2 nitrogen and oxygen atoms in total. The first-order valence-corrected chi connectivity index (χ1v) is 8.66. The van der Waals surface area contributed by atoms with Gasteiger partial charge in [0.25, 0.3) is 0 Å². The lowest BCUT2D eigenvalue weighted by Gasteiger charge is -2.15. The van der Waals surface area contributed by atoms with Crippen molar-refractivity contribution in [2.75, 3.05) is 6.54 Å². The fourth-order valence-corrected chi connectivity index (χ4v) is 3.32. The average molecular weight is 372 g/mol. The molecule has 1 unspecified atom stereocenters. The van der Waals surface area contributed by atoms with Crippen LogP contribution < -0.4 is 10.1 Å². The summed E-state index contributed by atoms with van der Waals surface area (Å²) in [6.45, 7) is 5.46. The number of ether oxygens (including phenoxy) is 1. The minimum atomic E-state index is -0.312. The Bertz CT molecular complexity index is 587. The van der Waals surface area contributed by atoms with Crippen LogP contribution in [-0.4, -0.2) is 6.54 Å². The van der Waals surface area contributed by atoms with Crippen LogP contribution in [0.1, 0.15) is 36.8 Å². The maximum atomic E-state index is 14.1. The molecule has 0 bridgehead atoms. The number of nitrogens with one attached hydrogen (secondary N) is 1. The monoisotopic (exact) mass is 371 g/mol. The lowest BCUT2D eigenvalue weighted by atomic mass is 10.1. The summed E-state index contributed by atoms with van der Waals surface area (Å²) in [7, 11) is 0. The van der Waals surface area contributed by atoms with Crippen LogP contribution >= 0.6 is 27.3 Å². The van der Waals surface area contributed by atoms with E-state index in [0.717, 1.165) is 27.9 Å². The number of halogens is 2. The van der Waals surface area contributed by atoms with E-state index in [-0.39, 0.29) is 11.9 Å². The van der Waals surface area contributed by atoms with Crippen LogP contribution in [-0.2, 0) is 6.61 Å². The van der Waals surface area contributed by atoms with Crippen molar-refractivity contribution in [1.29, 1.82) is 0 Å². The molecule has 1 aromatic heterocycles. The van der Waals surface area contributed by atoms with Gasteiger partial charge in [-0.3, -0.25) is 0 Å². The maximum absolute atomic E-state index is 14.1. The Labute approximate surface area is 137 Å². The highest BCUT2D eigenvalue weighted by atomic mass is 79.9. The molecule has 0 radical (unpaired) electrons. The second-order valence-corrected chi connectivity index (χ2v) is 6.80. The molecule has 21 heavy (non-hydrogen) atoms. The number of hydrogen-bond donors (Lipinski definition) is 1. The first kappa shape index (κ1) is 16.5. The minimum Gasteiger partial charge on any atom is -0.485 e. The van der Waals surface area contributed by atoms with Gasteiger partial charge in [-0.25, -0.2) is 4.39 Å². The van der Waals surface area contributed by atoms with Crippen molar-refractivity contribution in [2.24, 2.45) is 0 Å². The van der Waals surface area contributed by atoms with Gasteiger partial charge in [-0.2, -0.15) is 0 Å². The summed E-state index contributed by atoms with van der Waals surface area (Å²) in [5, 5.41) is 5.33. The molecule has 1 atom stereocenters. The van der Waals surface area contributed by atoms with Crippen molar-refractivity contribution in [2.45, 2.75) is 32.9 Å². The molecule has 114 valence electrons. The third kappa shape index (κ3) is 4.80. The maximum Gasteiger partial charge on any atom is 0.165 e. The Morgan fingerprint density at radius 3 is 2.81 bits per heavy atom. The highest BCUT2D eigenvalue weighted by Gasteiger charge is 2.10. The van der Waals surface area contributed by atoms with E-state index < -0.39 is 0 Å². The molecule has 1 heterocycles. The van der Waals surface area contributed by atoms with E-state index in [1.54, 1.807) is 23.5 Å². The standard InChI is InChI=1S/C16H19BrFNOS/c1-3-6-19-11(2)12-4-5-16(15(18)7-12)20-9-14-8-13(17)10-21-14/h4-5,7-8,10-11,19H,3,6,9H2,1-2H3. The predicted octanol–water partition coefficient (Wildman–Crippen LogP) is 5.29.